The molecular formula is C22H31IN4O4. The minimum atomic E-state index is -0.404. The average molecular weight is 542 g/mol. The van der Waals surface area contributed by atoms with E-state index in [1.165, 1.54) is 17.7 Å². The van der Waals surface area contributed by atoms with Crippen LogP contribution in [0.25, 0.3) is 0 Å². The van der Waals surface area contributed by atoms with Crippen molar-refractivity contribution >= 4 is 35.6 Å². The molecule has 2 N–H and O–H groups in total. The third kappa shape index (κ3) is 10.5. The molecule has 2 aromatic carbocycles. The monoisotopic (exact) mass is 542 g/mol. The van der Waals surface area contributed by atoms with E-state index in [0.29, 0.717) is 25.7 Å². The van der Waals surface area contributed by atoms with Crippen LogP contribution in [0, 0.1) is 10.1 Å². The molecule has 170 valence electrons. The average Bonchev–Trinajstić information content (AvgIpc) is 2.77. The predicted octanol–water partition coefficient (Wildman–Crippen LogP) is 3.93. The highest BCUT2D eigenvalue weighted by atomic mass is 127. The summed E-state index contributed by atoms with van der Waals surface area (Å²) in [6.07, 6.45) is 1.73. The Hall–Kier alpha value is -2.40. The van der Waals surface area contributed by atoms with Gasteiger partial charge < -0.3 is 20.1 Å². The number of hydrogen-bond donors (Lipinski definition) is 2. The van der Waals surface area contributed by atoms with Crippen molar-refractivity contribution in [3.05, 3.63) is 69.8 Å². The smallest absolute Gasteiger partial charge is 0.269 e. The largest absolute Gasteiger partial charge is 0.497 e. The molecule has 0 aromatic heterocycles. The minimum absolute atomic E-state index is 0. The van der Waals surface area contributed by atoms with E-state index in [2.05, 4.69) is 15.6 Å². The Morgan fingerprint density at radius 3 is 2.29 bits per heavy atom. The number of aliphatic imine (C=N–C) groups is 1. The number of nitro groups is 1. The van der Waals surface area contributed by atoms with E-state index in [0.717, 1.165) is 37.2 Å². The van der Waals surface area contributed by atoms with Crippen LogP contribution in [0.1, 0.15) is 24.5 Å². The molecule has 0 aliphatic rings. The maximum atomic E-state index is 10.8. The second-order valence-electron chi connectivity index (χ2n) is 6.59. The fourth-order valence-corrected chi connectivity index (χ4v) is 2.71. The van der Waals surface area contributed by atoms with Gasteiger partial charge in [-0.3, -0.25) is 10.1 Å². The first kappa shape index (κ1) is 26.6. The van der Waals surface area contributed by atoms with Crippen LogP contribution < -0.4 is 15.4 Å². The molecule has 0 aliphatic carbocycles. The predicted molar refractivity (Wildman–Crippen MR) is 133 cm³/mol. The Labute approximate surface area is 200 Å². The molecule has 0 atom stereocenters. The van der Waals surface area contributed by atoms with Gasteiger partial charge in [-0.15, -0.1) is 24.0 Å². The first-order chi connectivity index (χ1) is 14.6. The van der Waals surface area contributed by atoms with E-state index in [1.807, 2.05) is 31.2 Å². The summed E-state index contributed by atoms with van der Waals surface area (Å²) in [4.78, 5) is 15.0. The number of methoxy groups -OCH3 is 1. The Morgan fingerprint density at radius 1 is 1.03 bits per heavy atom. The van der Waals surface area contributed by atoms with E-state index >= 15 is 0 Å². The molecule has 0 amide bonds. The summed E-state index contributed by atoms with van der Waals surface area (Å²) in [5.74, 6) is 1.55. The summed E-state index contributed by atoms with van der Waals surface area (Å²) in [6, 6.07) is 14.4. The van der Waals surface area contributed by atoms with E-state index in [9.17, 15) is 10.1 Å². The van der Waals surface area contributed by atoms with Crippen LogP contribution in [0.2, 0.25) is 0 Å². The maximum Gasteiger partial charge on any atom is 0.269 e. The van der Waals surface area contributed by atoms with Gasteiger partial charge in [0.15, 0.2) is 5.96 Å². The van der Waals surface area contributed by atoms with E-state index in [1.54, 1.807) is 19.2 Å². The number of guanidine groups is 1. The number of nitro benzene ring substituents is 1. The summed E-state index contributed by atoms with van der Waals surface area (Å²) < 4.78 is 10.6. The lowest BCUT2D eigenvalue weighted by Crippen LogP contribution is -2.39. The zero-order valence-corrected chi connectivity index (χ0v) is 20.3. The minimum Gasteiger partial charge on any atom is -0.497 e. The van der Waals surface area contributed by atoms with Crippen molar-refractivity contribution in [3.8, 4) is 5.75 Å². The van der Waals surface area contributed by atoms with Crippen molar-refractivity contribution in [1.82, 2.24) is 10.6 Å². The van der Waals surface area contributed by atoms with Gasteiger partial charge in [-0.05, 0) is 43.0 Å². The molecule has 2 rings (SSSR count). The van der Waals surface area contributed by atoms with Crippen molar-refractivity contribution in [2.24, 2.45) is 4.99 Å². The SMILES string of the molecule is CCOCCCNC(=NCc1ccc([N+](=O)[O-])cc1)NCCc1ccc(OC)cc1.I. The van der Waals surface area contributed by atoms with Gasteiger partial charge in [0.1, 0.15) is 5.75 Å². The van der Waals surface area contributed by atoms with Gasteiger partial charge in [0.2, 0.25) is 0 Å². The molecule has 2 aromatic rings. The lowest BCUT2D eigenvalue weighted by molar-refractivity contribution is -0.384. The standard InChI is InChI=1S/C22H30N4O4.HI/c1-3-30-16-4-14-23-22(24-15-13-18-7-11-21(29-2)12-8-18)25-17-19-5-9-20(10-6-19)26(27)28;/h5-12H,3-4,13-17H2,1-2H3,(H2,23,24,25);1H. The van der Waals surface area contributed by atoms with E-state index in [4.69, 9.17) is 9.47 Å². The fourth-order valence-electron chi connectivity index (χ4n) is 2.71. The van der Waals surface area contributed by atoms with Crippen LogP contribution in [0.5, 0.6) is 5.75 Å². The zero-order chi connectivity index (χ0) is 21.6. The molecule has 0 aliphatic heterocycles. The van der Waals surface area contributed by atoms with Crippen molar-refractivity contribution in [2.75, 3.05) is 33.4 Å². The molecule has 31 heavy (non-hydrogen) atoms. The Kier molecular flexibility index (Phi) is 13.2. The molecule has 8 nitrogen and oxygen atoms in total. The van der Waals surface area contributed by atoms with Crippen LogP contribution in [-0.4, -0.2) is 44.3 Å². The number of non-ortho nitro benzene ring substituents is 1. The first-order valence-electron chi connectivity index (χ1n) is 10.1. The van der Waals surface area contributed by atoms with E-state index in [-0.39, 0.29) is 29.7 Å². The number of rotatable bonds is 12. The van der Waals surface area contributed by atoms with Gasteiger partial charge in [0.05, 0.1) is 18.6 Å². The molecule has 0 fully saturated rings. The van der Waals surface area contributed by atoms with Gasteiger partial charge in [-0.2, -0.15) is 0 Å². The van der Waals surface area contributed by atoms with Gasteiger partial charge in [0, 0.05) is 38.4 Å². The highest BCUT2D eigenvalue weighted by Crippen LogP contribution is 2.13. The van der Waals surface area contributed by atoms with Gasteiger partial charge in [-0.25, -0.2) is 4.99 Å². The topological polar surface area (TPSA) is 98.0 Å². The Bertz CT molecular complexity index is 798. The lowest BCUT2D eigenvalue weighted by Gasteiger charge is -2.13. The van der Waals surface area contributed by atoms with Gasteiger partial charge in [-0.1, -0.05) is 24.3 Å². The van der Waals surface area contributed by atoms with Crippen molar-refractivity contribution in [3.63, 3.8) is 0 Å². The third-order valence-corrected chi connectivity index (χ3v) is 4.39. The van der Waals surface area contributed by atoms with Crippen LogP contribution in [-0.2, 0) is 17.7 Å². The summed E-state index contributed by atoms with van der Waals surface area (Å²) >= 11 is 0. The van der Waals surface area contributed by atoms with Crippen molar-refractivity contribution in [2.45, 2.75) is 26.3 Å². The number of hydrogen-bond acceptors (Lipinski definition) is 5. The van der Waals surface area contributed by atoms with Gasteiger partial charge >= 0.3 is 0 Å². The molecule has 0 saturated carbocycles. The molecule has 0 saturated heterocycles. The van der Waals surface area contributed by atoms with Crippen molar-refractivity contribution in [1.29, 1.82) is 0 Å². The summed E-state index contributed by atoms with van der Waals surface area (Å²) in [5, 5.41) is 17.4. The second kappa shape index (κ2) is 15.4. The normalized spacial score (nSPS) is 10.8. The highest BCUT2D eigenvalue weighted by molar-refractivity contribution is 14.0. The third-order valence-electron chi connectivity index (χ3n) is 4.39. The summed E-state index contributed by atoms with van der Waals surface area (Å²) in [7, 11) is 1.65. The van der Waals surface area contributed by atoms with Gasteiger partial charge in [0.25, 0.3) is 5.69 Å². The fraction of sp³-hybridized carbons (Fsp3) is 0.409. The molecular weight excluding hydrogens is 511 g/mol. The Morgan fingerprint density at radius 2 is 1.68 bits per heavy atom. The van der Waals surface area contributed by atoms with Crippen LogP contribution in [0.15, 0.2) is 53.5 Å². The van der Waals surface area contributed by atoms with Crippen LogP contribution >= 0.6 is 24.0 Å². The molecule has 0 radical (unpaired) electrons. The highest BCUT2D eigenvalue weighted by Gasteiger charge is 2.04. The lowest BCUT2D eigenvalue weighted by atomic mass is 10.1. The molecule has 9 heteroatoms. The number of ether oxygens (including phenoxy) is 2. The molecule has 0 heterocycles. The maximum absolute atomic E-state index is 10.8. The summed E-state index contributed by atoms with van der Waals surface area (Å²) in [6.45, 7) is 5.29. The van der Waals surface area contributed by atoms with Crippen molar-refractivity contribution < 1.29 is 14.4 Å². The number of benzene rings is 2. The Balaban J connectivity index is 0.00000480. The number of halogens is 1. The zero-order valence-electron chi connectivity index (χ0n) is 18.0. The van der Waals surface area contributed by atoms with Crippen LogP contribution in [0.4, 0.5) is 5.69 Å². The number of nitrogens with one attached hydrogen (secondary N) is 2. The molecule has 0 bridgehead atoms. The second-order valence-corrected chi connectivity index (χ2v) is 6.59. The quantitative estimate of drug-likeness (QED) is 0.105. The summed E-state index contributed by atoms with van der Waals surface area (Å²) in [5.41, 5.74) is 2.19. The molecule has 0 unspecified atom stereocenters. The van der Waals surface area contributed by atoms with Crippen LogP contribution in [0.3, 0.4) is 0 Å². The number of nitrogens with zero attached hydrogens (tertiary/aromatic N) is 2. The molecule has 0 spiro atoms. The van der Waals surface area contributed by atoms with E-state index < -0.39 is 4.92 Å². The first-order valence-corrected chi connectivity index (χ1v) is 10.1.